The quantitative estimate of drug-likeness (QED) is 0.413. The number of hydrogen-bond acceptors (Lipinski definition) is 4. The molecule has 0 unspecified atom stereocenters. The fraction of sp³-hybridized carbons (Fsp3) is 0.0588. The Morgan fingerprint density at radius 3 is 2.54 bits per heavy atom. The first-order chi connectivity index (χ1) is 12.2. The van der Waals surface area contributed by atoms with Crippen molar-refractivity contribution in [1.82, 2.24) is 0 Å². The summed E-state index contributed by atoms with van der Waals surface area (Å²) in [6, 6.07) is 10.6. The van der Waals surface area contributed by atoms with E-state index in [9.17, 15) is 23.1 Å². The Morgan fingerprint density at radius 2 is 1.92 bits per heavy atom. The number of anilines is 2. The highest BCUT2D eigenvalue weighted by Crippen LogP contribution is 2.36. The van der Waals surface area contributed by atoms with Crippen LogP contribution in [0.1, 0.15) is 5.56 Å². The summed E-state index contributed by atoms with van der Waals surface area (Å²) in [5.41, 5.74) is -1.43. The average Bonchev–Trinajstić information content (AvgIpc) is 2.57. The maximum atomic E-state index is 12.8. The highest BCUT2D eigenvalue weighted by atomic mass is 35.5. The summed E-state index contributed by atoms with van der Waals surface area (Å²) in [6.07, 6.45) is -3.65. The molecule has 0 aliphatic rings. The number of rotatable bonds is 4. The monoisotopic (exact) mass is 381 g/mol. The topological polar surface area (TPSA) is 85.2 Å². The van der Waals surface area contributed by atoms with Crippen molar-refractivity contribution >= 4 is 28.9 Å². The summed E-state index contributed by atoms with van der Waals surface area (Å²) in [4.78, 5) is 12.1. The molecular formula is C17H11ClF3N3O2. The van der Waals surface area contributed by atoms with E-state index in [1.807, 2.05) is 0 Å². The van der Waals surface area contributed by atoms with Gasteiger partial charge in [0.05, 0.1) is 16.3 Å². The molecule has 0 radical (unpaired) electrons. The number of nitrogens with zero attached hydrogens (tertiary/aromatic N) is 1. The molecule has 2 aromatic carbocycles. The van der Waals surface area contributed by atoms with Gasteiger partial charge in [-0.3, -0.25) is 4.79 Å². The molecule has 0 saturated heterocycles. The van der Waals surface area contributed by atoms with Crippen molar-refractivity contribution in [2.24, 2.45) is 0 Å². The molecule has 0 fully saturated rings. The van der Waals surface area contributed by atoms with E-state index in [-0.39, 0.29) is 17.1 Å². The Labute approximate surface area is 151 Å². The third-order valence-corrected chi connectivity index (χ3v) is 3.50. The molecule has 134 valence electrons. The summed E-state index contributed by atoms with van der Waals surface area (Å²) in [6.45, 7) is 0. The molecule has 0 spiro atoms. The average molecular weight is 382 g/mol. The zero-order chi connectivity index (χ0) is 19.3. The van der Waals surface area contributed by atoms with Crippen molar-refractivity contribution in [2.45, 2.75) is 6.18 Å². The molecule has 0 bridgehead atoms. The zero-order valence-electron chi connectivity index (χ0n) is 12.9. The van der Waals surface area contributed by atoms with Gasteiger partial charge in [-0.2, -0.15) is 18.4 Å². The van der Waals surface area contributed by atoms with E-state index in [4.69, 9.17) is 16.9 Å². The predicted octanol–water partition coefficient (Wildman–Crippen LogP) is 4.52. The van der Waals surface area contributed by atoms with Crippen LogP contribution < -0.4 is 10.6 Å². The molecule has 0 aromatic heterocycles. The number of amides is 1. The highest BCUT2D eigenvalue weighted by molar-refractivity contribution is 6.31. The Bertz CT molecular complexity index is 905. The van der Waals surface area contributed by atoms with Crippen LogP contribution in [0.3, 0.4) is 0 Å². The number of benzene rings is 2. The van der Waals surface area contributed by atoms with Crippen molar-refractivity contribution in [2.75, 3.05) is 10.6 Å². The van der Waals surface area contributed by atoms with Gasteiger partial charge in [0.1, 0.15) is 17.4 Å². The van der Waals surface area contributed by atoms with Crippen molar-refractivity contribution in [3.8, 4) is 11.8 Å². The standard InChI is InChI=1S/C17H11ClF3N3O2/c18-13-6-5-11(7-12(13)17(19,20)21)24-16(26)10(8-22)9-23-14-3-1-2-4-15(14)25/h1-7,9,23,25H,(H,24,26)/b10-9-. The van der Waals surface area contributed by atoms with Crippen molar-refractivity contribution in [3.05, 3.63) is 64.8 Å². The normalized spacial score (nSPS) is 11.6. The smallest absolute Gasteiger partial charge is 0.417 e. The number of phenols is 1. The lowest BCUT2D eigenvalue weighted by molar-refractivity contribution is -0.137. The molecule has 0 heterocycles. The van der Waals surface area contributed by atoms with Crippen LogP contribution in [0.15, 0.2) is 54.2 Å². The number of alkyl halides is 3. The summed E-state index contributed by atoms with van der Waals surface area (Å²) >= 11 is 5.51. The number of phenolic OH excluding ortho intramolecular Hbond substituents is 1. The SMILES string of the molecule is N#C/C(=C/Nc1ccccc1O)C(=O)Nc1ccc(Cl)c(C(F)(F)F)c1. The molecule has 0 atom stereocenters. The van der Waals surface area contributed by atoms with Gasteiger partial charge in [-0.15, -0.1) is 0 Å². The Balaban J connectivity index is 2.19. The third-order valence-electron chi connectivity index (χ3n) is 3.17. The lowest BCUT2D eigenvalue weighted by atomic mass is 10.2. The Hall–Kier alpha value is -3.18. The van der Waals surface area contributed by atoms with Gasteiger partial charge in [0.25, 0.3) is 5.91 Å². The fourth-order valence-electron chi connectivity index (χ4n) is 1.91. The molecule has 2 rings (SSSR count). The molecule has 1 amide bonds. The maximum absolute atomic E-state index is 12.8. The summed E-state index contributed by atoms with van der Waals surface area (Å²) in [5.74, 6) is -1.03. The molecule has 0 saturated carbocycles. The number of carbonyl (C=O) groups excluding carboxylic acids is 1. The van der Waals surface area contributed by atoms with E-state index in [1.54, 1.807) is 18.2 Å². The van der Waals surface area contributed by atoms with Crippen LogP contribution in [0.4, 0.5) is 24.5 Å². The molecular weight excluding hydrogens is 371 g/mol. The molecule has 5 nitrogen and oxygen atoms in total. The minimum Gasteiger partial charge on any atom is -0.506 e. The first-order valence-electron chi connectivity index (χ1n) is 7.05. The van der Waals surface area contributed by atoms with Crippen LogP contribution in [-0.4, -0.2) is 11.0 Å². The second-order valence-corrected chi connectivity index (χ2v) is 5.39. The fourth-order valence-corrected chi connectivity index (χ4v) is 2.14. The van der Waals surface area contributed by atoms with Crippen LogP contribution >= 0.6 is 11.6 Å². The van der Waals surface area contributed by atoms with Crippen LogP contribution in [-0.2, 0) is 11.0 Å². The third kappa shape index (κ3) is 4.68. The number of hydrogen-bond donors (Lipinski definition) is 3. The molecule has 2 aromatic rings. The summed E-state index contributed by atoms with van der Waals surface area (Å²) < 4.78 is 38.5. The highest BCUT2D eigenvalue weighted by Gasteiger charge is 2.33. The number of halogens is 4. The van der Waals surface area contributed by atoms with Crippen LogP contribution in [0.5, 0.6) is 5.75 Å². The lowest BCUT2D eigenvalue weighted by Crippen LogP contribution is -2.15. The number of nitriles is 1. The minimum atomic E-state index is -4.68. The summed E-state index contributed by atoms with van der Waals surface area (Å²) in [7, 11) is 0. The summed E-state index contributed by atoms with van der Waals surface area (Å²) in [5, 5.41) is 22.9. The van der Waals surface area contributed by atoms with Gasteiger partial charge in [-0.05, 0) is 30.3 Å². The van der Waals surface area contributed by atoms with Crippen LogP contribution in [0, 0.1) is 11.3 Å². The van der Waals surface area contributed by atoms with E-state index < -0.39 is 28.2 Å². The Morgan fingerprint density at radius 1 is 1.23 bits per heavy atom. The van der Waals surface area contributed by atoms with Gasteiger partial charge in [0.15, 0.2) is 0 Å². The van der Waals surface area contributed by atoms with E-state index in [1.165, 1.54) is 18.2 Å². The van der Waals surface area contributed by atoms with Gasteiger partial charge >= 0.3 is 6.18 Å². The maximum Gasteiger partial charge on any atom is 0.417 e. The zero-order valence-corrected chi connectivity index (χ0v) is 13.7. The van der Waals surface area contributed by atoms with Gasteiger partial charge in [0, 0.05) is 11.9 Å². The number of aromatic hydroxyl groups is 1. The largest absolute Gasteiger partial charge is 0.506 e. The van der Waals surface area contributed by atoms with E-state index in [0.717, 1.165) is 12.3 Å². The Kier molecular flexibility index (Phi) is 5.75. The van der Waals surface area contributed by atoms with E-state index >= 15 is 0 Å². The molecule has 0 aliphatic carbocycles. The second-order valence-electron chi connectivity index (χ2n) is 4.98. The number of carbonyl (C=O) groups is 1. The first-order valence-corrected chi connectivity index (χ1v) is 7.43. The van der Waals surface area contributed by atoms with Crippen molar-refractivity contribution in [1.29, 1.82) is 5.26 Å². The minimum absolute atomic E-state index is 0.103. The molecule has 3 N–H and O–H groups in total. The van der Waals surface area contributed by atoms with Gasteiger partial charge in [-0.25, -0.2) is 0 Å². The second kappa shape index (κ2) is 7.80. The number of para-hydroxylation sites is 2. The first kappa shape index (κ1) is 19.1. The van der Waals surface area contributed by atoms with Crippen LogP contribution in [0.2, 0.25) is 5.02 Å². The molecule has 26 heavy (non-hydrogen) atoms. The van der Waals surface area contributed by atoms with Crippen LogP contribution in [0.25, 0.3) is 0 Å². The van der Waals surface area contributed by atoms with E-state index in [0.29, 0.717) is 6.07 Å². The van der Waals surface area contributed by atoms with Gasteiger partial charge in [-0.1, -0.05) is 23.7 Å². The number of nitrogens with one attached hydrogen (secondary N) is 2. The predicted molar refractivity (Wildman–Crippen MR) is 90.5 cm³/mol. The van der Waals surface area contributed by atoms with Crippen molar-refractivity contribution in [3.63, 3.8) is 0 Å². The molecule has 0 aliphatic heterocycles. The van der Waals surface area contributed by atoms with E-state index in [2.05, 4.69) is 10.6 Å². The van der Waals surface area contributed by atoms with Gasteiger partial charge < -0.3 is 15.7 Å². The van der Waals surface area contributed by atoms with Crippen molar-refractivity contribution < 1.29 is 23.1 Å². The van der Waals surface area contributed by atoms with Gasteiger partial charge in [0.2, 0.25) is 0 Å². The lowest BCUT2D eigenvalue weighted by Gasteiger charge is -2.11. The molecule has 9 heteroatoms.